The average molecular weight is 270 g/mol. The Morgan fingerprint density at radius 2 is 1.00 bits per heavy atom. The number of benzene rings is 2. The molecule has 0 bridgehead atoms. The van der Waals surface area contributed by atoms with Gasteiger partial charge < -0.3 is 0 Å². The maximum atomic E-state index is 2.31. The fourth-order valence-electron chi connectivity index (χ4n) is 2.64. The minimum absolute atomic E-state index is 1.33. The third kappa shape index (κ3) is 2.71. The molecule has 0 heterocycles. The lowest BCUT2D eigenvalue weighted by molar-refractivity contribution is 1.22. The second-order valence-electron chi connectivity index (χ2n) is 5.38. The molecule has 0 unspecified atom stereocenters. The summed E-state index contributed by atoms with van der Waals surface area (Å²) in [5.74, 6) is 0. The van der Waals surface area contributed by atoms with Gasteiger partial charge in [0.2, 0.25) is 0 Å². The fraction of sp³-hybridized carbons (Fsp3) is 0.333. The van der Waals surface area contributed by atoms with Crippen molar-refractivity contribution in [3.63, 3.8) is 0 Å². The van der Waals surface area contributed by atoms with E-state index in [0.29, 0.717) is 0 Å². The van der Waals surface area contributed by atoms with Crippen LogP contribution in [0.3, 0.4) is 0 Å². The van der Waals surface area contributed by atoms with Crippen molar-refractivity contribution in [3.05, 3.63) is 52.1 Å². The Morgan fingerprint density at radius 3 is 1.37 bits per heavy atom. The van der Waals surface area contributed by atoms with Crippen LogP contribution in [0.15, 0.2) is 29.2 Å². The van der Waals surface area contributed by atoms with Crippen LogP contribution >= 0.6 is 11.8 Å². The molecule has 0 amide bonds. The van der Waals surface area contributed by atoms with Gasteiger partial charge in [0, 0.05) is 4.90 Å². The predicted molar refractivity (Wildman–Crippen MR) is 87.3 cm³/mol. The summed E-state index contributed by atoms with van der Waals surface area (Å²) in [5.41, 5.74) is 9.56. The lowest BCUT2D eigenvalue weighted by Gasteiger charge is -2.13. The molecule has 0 saturated heterocycles. The van der Waals surface area contributed by atoms with Crippen LogP contribution in [0.5, 0.6) is 0 Å². The van der Waals surface area contributed by atoms with Crippen LogP contribution in [0.25, 0.3) is 11.1 Å². The highest BCUT2D eigenvalue weighted by Gasteiger charge is 2.08. The second kappa shape index (κ2) is 5.42. The number of thioether (sulfide) groups is 1. The normalized spacial score (nSPS) is 10.8. The van der Waals surface area contributed by atoms with E-state index in [4.69, 9.17) is 0 Å². The third-order valence-electron chi connectivity index (χ3n) is 3.92. The van der Waals surface area contributed by atoms with E-state index in [1.165, 1.54) is 43.8 Å². The Bertz CT molecular complexity index is 578. The molecule has 2 aromatic rings. The van der Waals surface area contributed by atoms with Gasteiger partial charge in [-0.2, -0.15) is 0 Å². The molecule has 0 N–H and O–H groups in total. The van der Waals surface area contributed by atoms with Crippen molar-refractivity contribution >= 4 is 11.8 Å². The molecule has 0 saturated carbocycles. The molecular weight excluding hydrogens is 248 g/mol. The van der Waals surface area contributed by atoms with Gasteiger partial charge in [0.15, 0.2) is 0 Å². The zero-order valence-electron chi connectivity index (χ0n) is 12.7. The minimum Gasteiger partial charge on any atom is -0.129 e. The molecule has 0 radical (unpaired) electrons. The van der Waals surface area contributed by atoms with E-state index in [1.807, 2.05) is 11.8 Å². The Kier molecular flexibility index (Phi) is 4.05. The van der Waals surface area contributed by atoms with E-state index in [1.54, 1.807) is 0 Å². The van der Waals surface area contributed by atoms with Gasteiger partial charge in [-0.15, -0.1) is 11.8 Å². The van der Waals surface area contributed by atoms with Gasteiger partial charge in [-0.3, -0.25) is 0 Å². The van der Waals surface area contributed by atoms with Crippen LogP contribution in [-0.4, -0.2) is 6.26 Å². The minimum atomic E-state index is 1.33. The van der Waals surface area contributed by atoms with E-state index >= 15 is 0 Å². The maximum absolute atomic E-state index is 2.31. The lowest BCUT2D eigenvalue weighted by atomic mass is 9.94. The molecule has 19 heavy (non-hydrogen) atoms. The number of hydrogen-bond donors (Lipinski definition) is 0. The molecule has 0 aliphatic heterocycles. The summed E-state index contributed by atoms with van der Waals surface area (Å²) in [4.78, 5) is 1.41. The SMILES string of the molecule is CSc1c(C)cc(-c2cc(C)c(C)c(C)c2)cc1C. The van der Waals surface area contributed by atoms with Crippen LogP contribution < -0.4 is 0 Å². The fourth-order valence-corrected chi connectivity index (χ4v) is 3.40. The molecular formula is C18H22S. The van der Waals surface area contributed by atoms with Crippen molar-refractivity contribution in [1.29, 1.82) is 0 Å². The maximum Gasteiger partial charge on any atom is 0.0128 e. The highest BCUT2D eigenvalue weighted by Crippen LogP contribution is 2.31. The third-order valence-corrected chi connectivity index (χ3v) is 4.98. The van der Waals surface area contributed by atoms with Crippen LogP contribution in [-0.2, 0) is 0 Å². The molecule has 0 nitrogen and oxygen atoms in total. The average Bonchev–Trinajstić information content (AvgIpc) is 2.35. The Balaban J connectivity index is 2.60. The summed E-state index contributed by atoms with van der Waals surface area (Å²) < 4.78 is 0. The van der Waals surface area contributed by atoms with E-state index in [0.717, 1.165) is 0 Å². The molecule has 0 atom stereocenters. The van der Waals surface area contributed by atoms with Gasteiger partial charge in [-0.1, -0.05) is 24.3 Å². The summed E-state index contributed by atoms with van der Waals surface area (Å²) in [6.45, 7) is 11.0. The molecule has 1 heteroatoms. The van der Waals surface area contributed by atoms with Crippen LogP contribution in [0.2, 0.25) is 0 Å². The Hall–Kier alpha value is -1.21. The van der Waals surface area contributed by atoms with Gasteiger partial charge in [-0.25, -0.2) is 0 Å². The largest absolute Gasteiger partial charge is 0.129 e. The molecule has 0 spiro atoms. The van der Waals surface area contributed by atoms with Crippen molar-refractivity contribution in [2.75, 3.05) is 6.26 Å². The monoisotopic (exact) mass is 270 g/mol. The first-order valence-corrected chi connectivity index (χ1v) is 7.90. The summed E-state index contributed by atoms with van der Waals surface area (Å²) in [6, 6.07) is 9.22. The first-order chi connectivity index (χ1) is 8.93. The quantitative estimate of drug-likeness (QED) is 0.638. The van der Waals surface area contributed by atoms with Gasteiger partial charge in [0.05, 0.1) is 0 Å². The predicted octanol–water partition coefficient (Wildman–Crippen LogP) is 5.62. The van der Waals surface area contributed by atoms with Crippen LogP contribution in [0.1, 0.15) is 27.8 Å². The zero-order chi connectivity index (χ0) is 14.2. The first-order valence-electron chi connectivity index (χ1n) is 6.67. The van der Waals surface area contributed by atoms with Crippen molar-refractivity contribution in [2.24, 2.45) is 0 Å². The van der Waals surface area contributed by atoms with Gasteiger partial charge in [0.1, 0.15) is 0 Å². The molecule has 0 aliphatic rings. The topological polar surface area (TPSA) is 0 Å². The first kappa shape index (κ1) is 14.2. The van der Waals surface area contributed by atoms with Gasteiger partial charge in [0.25, 0.3) is 0 Å². The van der Waals surface area contributed by atoms with Crippen molar-refractivity contribution in [1.82, 2.24) is 0 Å². The van der Waals surface area contributed by atoms with E-state index < -0.39 is 0 Å². The number of rotatable bonds is 2. The molecule has 0 aliphatic carbocycles. The lowest BCUT2D eigenvalue weighted by Crippen LogP contribution is -1.91. The second-order valence-corrected chi connectivity index (χ2v) is 6.19. The van der Waals surface area contributed by atoms with Crippen LogP contribution in [0, 0.1) is 34.6 Å². The van der Waals surface area contributed by atoms with E-state index in [2.05, 4.69) is 65.1 Å². The van der Waals surface area contributed by atoms with Crippen molar-refractivity contribution in [2.45, 2.75) is 39.5 Å². The summed E-state index contributed by atoms with van der Waals surface area (Å²) in [5, 5.41) is 0. The molecule has 0 fully saturated rings. The summed E-state index contributed by atoms with van der Waals surface area (Å²) in [6.07, 6.45) is 2.15. The Labute approximate surface area is 121 Å². The summed E-state index contributed by atoms with van der Waals surface area (Å²) >= 11 is 1.83. The van der Waals surface area contributed by atoms with E-state index in [9.17, 15) is 0 Å². The smallest absolute Gasteiger partial charge is 0.0128 e. The van der Waals surface area contributed by atoms with Crippen molar-refractivity contribution in [3.8, 4) is 11.1 Å². The highest BCUT2D eigenvalue weighted by molar-refractivity contribution is 7.98. The molecule has 100 valence electrons. The van der Waals surface area contributed by atoms with Gasteiger partial charge >= 0.3 is 0 Å². The van der Waals surface area contributed by atoms with Crippen molar-refractivity contribution < 1.29 is 0 Å². The molecule has 2 rings (SSSR count). The Morgan fingerprint density at radius 1 is 0.632 bits per heavy atom. The zero-order valence-corrected chi connectivity index (χ0v) is 13.5. The highest BCUT2D eigenvalue weighted by atomic mass is 32.2. The van der Waals surface area contributed by atoms with E-state index in [-0.39, 0.29) is 0 Å². The molecule has 2 aromatic carbocycles. The number of aryl methyl sites for hydroxylation is 4. The standard InChI is InChI=1S/C18H22S/c1-11-7-16(8-12(2)15(11)5)17-9-13(3)18(19-6)14(4)10-17/h7-10H,1-6H3. The summed E-state index contributed by atoms with van der Waals surface area (Å²) in [7, 11) is 0. The van der Waals surface area contributed by atoms with Gasteiger partial charge in [-0.05, 0) is 79.8 Å². The van der Waals surface area contributed by atoms with Crippen LogP contribution in [0.4, 0.5) is 0 Å². The number of hydrogen-bond acceptors (Lipinski definition) is 1. The molecule has 0 aromatic heterocycles.